The quantitative estimate of drug-likeness (QED) is 0.482. The number of aromatic nitrogens is 5. The summed E-state index contributed by atoms with van der Waals surface area (Å²) in [6.45, 7) is 1.13. The minimum Gasteiger partial charge on any atom is -0.365 e. The van der Waals surface area contributed by atoms with Crippen molar-refractivity contribution in [2.75, 3.05) is 5.32 Å². The van der Waals surface area contributed by atoms with Gasteiger partial charge in [0.25, 0.3) is 0 Å². The molecule has 0 saturated carbocycles. The summed E-state index contributed by atoms with van der Waals surface area (Å²) >= 11 is 0. The van der Waals surface area contributed by atoms with Crippen LogP contribution in [0, 0.1) is 0 Å². The number of carbonyl (C=O) groups excluding carboxylic acids is 1. The first-order valence-corrected chi connectivity index (χ1v) is 9.43. The molecule has 29 heavy (non-hydrogen) atoms. The van der Waals surface area contributed by atoms with E-state index in [1.165, 1.54) is 5.56 Å². The van der Waals surface area contributed by atoms with Gasteiger partial charge in [0.2, 0.25) is 5.91 Å². The Labute approximate surface area is 168 Å². The normalized spacial score (nSPS) is 10.8. The fraction of sp³-hybridized carbons (Fsp3) is 0.190. The molecule has 0 atom stereocenters. The largest absolute Gasteiger partial charge is 0.365 e. The molecule has 4 aromatic rings. The van der Waals surface area contributed by atoms with Gasteiger partial charge in [-0.2, -0.15) is 4.52 Å². The Balaban J connectivity index is 1.35. The van der Waals surface area contributed by atoms with Crippen LogP contribution < -0.4 is 10.6 Å². The van der Waals surface area contributed by atoms with Crippen LogP contribution in [0.5, 0.6) is 0 Å². The summed E-state index contributed by atoms with van der Waals surface area (Å²) in [5.74, 6) is 1.33. The van der Waals surface area contributed by atoms with Crippen LogP contribution in [0.25, 0.3) is 5.65 Å². The highest BCUT2D eigenvalue weighted by Gasteiger charge is 2.10. The summed E-state index contributed by atoms with van der Waals surface area (Å²) < 4.78 is 1.68. The van der Waals surface area contributed by atoms with E-state index in [0.29, 0.717) is 37.4 Å². The maximum absolute atomic E-state index is 12.2. The Bertz CT molecular complexity index is 1080. The number of carbonyl (C=O) groups is 1. The Kier molecular flexibility index (Phi) is 5.70. The van der Waals surface area contributed by atoms with Crippen molar-refractivity contribution in [3.05, 3.63) is 83.9 Å². The third-order valence-electron chi connectivity index (χ3n) is 4.43. The van der Waals surface area contributed by atoms with E-state index in [1.807, 2.05) is 42.5 Å². The highest BCUT2D eigenvalue weighted by atomic mass is 16.1. The van der Waals surface area contributed by atoms with Gasteiger partial charge >= 0.3 is 0 Å². The standard InChI is InChI=1S/C21H21N7O/c29-21(24-15-17-7-4-12-22-13-17)11-10-20-26-25-19-9-8-18(27-28(19)20)23-14-16-5-2-1-3-6-16/h1-9,12-13H,10-11,14-15H2,(H,23,27)(H,24,29). The lowest BCUT2D eigenvalue weighted by Gasteiger charge is -2.07. The molecule has 3 aromatic heterocycles. The van der Waals surface area contributed by atoms with Crippen LogP contribution in [-0.4, -0.2) is 30.7 Å². The Morgan fingerprint density at radius 2 is 1.79 bits per heavy atom. The van der Waals surface area contributed by atoms with E-state index in [2.05, 4.69) is 43.0 Å². The molecule has 1 aromatic carbocycles. The smallest absolute Gasteiger partial charge is 0.220 e. The molecule has 146 valence electrons. The van der Waals surface area contributed by atoms with E-state index in [1.54, 1.807) is 16.9 Å². The molecule has 8 nitrogen and oxygen atoms in total. The van der Waals surface area contributed by atoms with Gasteiger partial charge in [0.15, 0.2) is 11.5 Å². The first-order chi connectivity index (χ1) is 14.3. The number of nitrogens with zero attached hydrogens (tertiary/aromatic N) is 5. The van der Waals surface area contributed by atoms with Crippen LogP contribution in [0.15, 0.2) is 67.0 Å². The summed E-state index contributed by atoms with van der Waals surface area (Å²) in [6, 6.07) is 17.6. The molecule has 0 unspecified atom stereocenters. The number of benzene rings is 1. The van der Waals surface area contributed by atoms with Crippen LogP contribution in [0.3, 0.4) is 0 Å². The highest BCUT2D eigenvalue weighted by Crippen LogP contribution is 2.10. The summed E-state index contributed by atoms with van der Waals surface area (Å²) in [5.41, 5.74) is 2.79. The van der Waals surface area contributed by atoms with E-state index in [0.717, 1.165) is 11.4 Å². The van der Waals surface area contributed by atoms with Crippen molar-refractivity contribution in [1.82, 2.24) is 30.1 Å². The molecule has 0 aliphatic rings. The predicted octanol–water partition coefficient (Wildman–Crippen LogP) is 2.38. The number of fused-ring (bicyclic) bond motifs is 1. The number of anilines is 1. The zero-order chi connectivity index (χ0) is 19.9. The average molecular weight is 387 g/mol. The van der Waals surface area contributed by atoms with Gasteiger partial charge in [-0.25, -0.2) is 0 Å². The summed E-state index contributed by atoms with van der Waals surface area (Å²) in [4.78, 5) is 16.2. The molecular weight excluding hydrogens is 366 g/mol. The maximum atomic E-state index is 12.2. The molecule has 1 amide bonds. The minimum atomic E-state index is -0.0519. The molecule has 0 spiro atoms. The first kappa shape index (κ1) is 18.5. The summed E-state index contributed by atoms with van der Waals surface area (Å²) in [7, 11) is 0. The number of rotatable bonds is 8. The summed E-state index contributed by atoms with van der Waals surface area (Å²) in [6.07, 6.45) is 4.21. The number of hydrogen-bond acceptors (Lipinski definition) is 6. The van der Waals surface area contributed by atoms with Crippen LogP contribution in [0.1, 0.15) is 23.4 Å². The van der Waals surface area contributed by atoms with Crippen LogP contribution in [-0.2, 0) is 24.3 Å². The predicted molar refractivity (Wildman–Crippen MR) is 109 cm³/mol. The third-order valence-corrected chi connectivity index (χ3v) is 4.43. The molecule has 4 rings (SSSR count). The highest BCUT2D eigenvalue weighted by molar-refractivity contribution is 5.76. The van der Waals surface area contributed by atoms with Gasteiger partial charge in [-0.3, -0.25) is 9.78 Å². The lowest BCUT2D eigenvalue weighted by Crippen LogP contribution is -2.23. The zero-order valence-corrected chi connectivity index (χ0v) is 15.8. The van der Waals surface area contributed by atoms with Crippen molar-refractivity contribution in [2.45, 2.75) is 25.9 Å². The number of nitrogens with one attached hydrogen (secondary N) is 2. The Morgan fingerprint density at radius 3 is 2.62 bits per heavy atom. The summed E-state index contributed by atoms with van der Waals surface area (Å²) in [5, 5.41) is 19.1. The van der Waals surface area contributed by atoms with E-state index in [4.69, 9.17) is 0 Å². The van der Waals surface area contributed by atoms with Crippen molar-refractivity contribution in [3.8, 4) is 0 Å². The van der Waals surface area contributed by atoms with Gasteiger partial charge in [-0.1, -0.05) is 36.4 Å². The zero-order valence-electron chi connectivity index (χ0n) is 15.8. The van der Waals surface area contributed by atoms with Gasteiger partial charge < -0.3 is 10.6 Å². The molecule has 8 heteroatoms. The molecule has 0 aliphatic carbocycles. The first-order valence-electron chi connectivity index (χ1n) is 9.43. The topological polar surface area (TPSA) is 97.1 Å². The molecular formula is C21H21N7O. The Hall–Kier alpha value is -3.81. The molecule has 0 fully saturated rings. The molecule has 0 saturated heterocycles. The van der Waals surface area contributed by atoms with Gasteiger partial charge in [0.1, 0.15) is 5.82 Å². The Morgan fingerprint density at radius 1 is 0.931 bits per heavy atom. The van der Waals surface area contributed by atoms with E-state index in [-0.39, 0.29) is 5.91 Å². The van der Waals surface area contributed by atoms with Crippen molar-refractivity contribution in [3.63, 3.8) is 0 Å². The minimum absolute atomic E-state index is 0.0519. The van der Waals surface area contributed by atoms with E-state index >= 15 is 0 Å². The van der Waals surface area contributed by atoms with Gasteiger partial charge in [0, 0.05) is 38.3 Å². The number of hydrogen-bond donors (Lipinski definition) is 2. The van der Waals surface area contributed by atoms with Crippen LogP contribution in [0.4, 0.5) is 5.82 Å². The third kappa shape index (κ3) is 4.92. The fourth-order valence-electron chi connectivity index (χ4n) is 2.89. The second kappa shape index (κ2) is 8.92. The lowest BCUT2D eigenvalue weighted by molar-refractivity contribution is -0.121. The second-order valence-corrected chi connectivity index (χ2v) is 6.58. The molecule has 0 aliphatic heterocycles. The second-order valence-electron chi connectivity index (χ2n) is 6.58. The maximum Gasteiger partial charge on any atom is 0.220 e. The molecule has 2 N–H and O–H groups in total. The number of amides is 1. The van der Waals surface area contributed by atoms with Gasteiger partial charge in [0.05, 0.1) is 0 Å². The van der Waals surface area contributed by atoms with Crippen molar-refractivity contribution < 1.29 is 4.79 Å². The fourth-order valence-corrected chi connectivity index (χ4v) is 2.89. The molecule has 0 radical (unpaired) electrons. The lowest BCUT2D eigenvalue weighted by atomic mass is 10.2. The van der Waals surface area contributed by atoms with Crippen molar-refractivity contribution in [1.29, 1.82) is 0 Å². The molecule has 0 bridgehead atoms. The van der Waals surface area contributed by atoms with Crippen LogP contribution in [0.2, 0.25) is 0 Å². The monoisotopic (exact) mass is 387 g/mol. The number of pyridine rings is 1. The SMILES string of the molecule is O=C(CCc1nnc2ccc(NCc3ccccc3)nn12)NCc1cccnc1. The molecule has 3 heterocycles. The van der Waals surface area contributed by atoms with Crippen molar-refractivity contribution in [2.24, 2.45) is 0 Å². The van der Waals surface area contributed by atoms with E-state index in [9.17, 15) is 4.79 Å². The van der Waals surface area contributed by atoms with Crippen LogP contribution >= 0.6 is 0 Å². The van der Waals surface area contributed by atoms with E-state index < -0.39 is 0 Å². The van der Waals surface area contributed by atoms with Gasteiger partial charge in [-0.15, -0.1) is 15.3 Å². The van der Waals surface area contributed by atoms with Crippen molar-refractivity contribution >= 4 is 17.4 Å². The number of aryl methyl sites for hydroxylation is 1. The van der Waals surface area contributed by atoms with Gasteiger partial charge in [-0.05, 0) is 29.3 Å². The average Bonchev–Trinajstić information content (AvgIpc) is 3.18.